The van der Waals surface area contributed by atoms with Gasteiger partial charge in [0.25, 0.3) is 0 Å². The average Bonchev–Trinajstić information content (AvgIpc) is 2.14. The summed E-state index contributed by atoms with van der Waals surface area (Å²) in [5, 5.41) is 0. The van der Waals surface area contributed by atoms with E-state index in [1.807, 2.05) is 0 Å². The van der Waals surface area contributed by atoms with Crippen molar-refractivity contribution in [3.05, 3.63) is 0 Å². The van der Waals surface area contributed by atoms with Crippen LogP contribution in [0.5, 0.6) is 0 Å². The second-order valence-corrected chi connectivity index (χ2v) is 5.08. The molecule has 0 unspecified atom stereocenters. The normalized spacial score (nSPS) is 13.4. The molecule has 0 amide bonds. The summed E-state index contributed by atoms with van der Waals surface area (Å²) in [6, 6.07) is 0. The molecule has 80 valence electrons. The van der Waals surface area contributed by atoms with Gasteiger partial charge in [-0.05, 0) is 32.1 Å². The van der Waals surface area contributed by atoms with Gasteiger partial charge in [0.1, 0.15) is 0 Å². The molecule has 0 aromatic rings. The van der Waals surface area contributed by atoms with Crippen LogP contribution in [0.1, 0.15) is 33.6 Å². The van der Waals surface area contributed by atoms with E-state index in [0.717, 1.165) is 12.8 Å². The minimum atomic E-state index is -0.0701. The zero-order chi connectivity index (χ0) is 10.5. The Labute approximate surface area is 91.7 Å². The Kier molecular flexibility index (Phi) is 5.65. The summed E-state index contributed by atoms with van der Waals surface area (Å²) in [5.41, 5.74) is -0.0295. The van der Waals surface area contributed by atoms with Crippen LogP contribution in [0.4, 0.5) is 0 Å². The zero-order valence-electron chi connectivity index (χ0n) is 8.99. The summed E-state index contributed by atoms with van der Waals surface area (Å²) in [6.07, 6.45) is 1.99. The van der Waals surface area contributed by atoms with Gasteiger partial charge >= 0.3 is 0 Å². The Hall–Kier alpha value is 0.540. The number of hydrogen-bond acceptors (Lipinski definition) is 1. The van der Waals surface area contributed by atoms with Crippen molar-refractivity contribution < 1.29 is 4.74 Å². The van der Waals surface area contributed by atoms with E-state index >= 15 is 0 Å². The Balaban J connectivity index is 3.99. The number of rotatable bonds is 6. The summed E-state index contributed by atoms with van der Waals surface area (Å²) in [6.45, 7) is 6.27. The van der Waals surface area contributed by atoms with Gasteiger partial charge in [-0.3, -0.25) is 0 Å². The fraction of sp³-hybridized carbons (Fsp3) is 1.00. The van der Waals surface area contributed by atoms with Crippen LogP contribution >= 0.6 is 23.2 Å². The van der Waals surface area contributed by atoms with Crippen LogP contribution < -0.4 is 0 Å². The van der Waals surface area contributed by atoms with Crippen LogP contribution in [-0.2, 0) is 4.74 Å². The molecule has 0 saturated heterocycles. The third-order valence-electron chi connectivity index (χ3n) is 2.53. The summed E-state index contributed by atoms with van der Waals surface area (Å²) in [5.74, 6) is 1.21. The minimum absolute atomic E-state index is 0.0406. The molecule has 0 aliphatic carbocycles. The van der Waals surface area contributed by atoms with E-state index in [1.165, 1.54) is 0 Å². The summed E-state index contributed by atoms with van der Waals surface area (Å²) >= 11 is 11.7. The minimum Gasteiger partial charge on any atom is -0.379 e. The summed E-state index contributed by atoms with van der Waals surface area (Å²) in [4.78, 5) is 0. The molecule has 0 atom stereocenters. The second kappa shape index (κ2) is 5.43. The highest BCUT2D eigenvalue weighted by atomic mass is 35.5. The smallest absolute Gasteiger partial charge is 0.0623 e. The van der Waals surface area contributed by atoms with Crippen molar-refractivity contribution >= 4 is 23.2 Å². The third kappa shape index (κ3) is 5.09. The Morgan fingerprint density at radius 2 is 1.46 bits per heavy atom. The Bertz CT molecular complexity index is 142. The van der Waals surface area contributed by atoms with E-state index in [9.17, 15) is 0 Å². The molecule has 0 aromatic carbocycles. The highest BCUT2D eigenvalue weighted by Crippen LogP contribution is 2.30. The van der Waals surface area contributed by atoms with E-state index in [-0.39, 0.29) is 11.0 Å². The number of alkyl halides is 2. The maximum Gasteiger partial charge on any atom is 0.0623 e. The van der Waals surface area contributed by atoms with E-state index in [0.29, 0.717) is 11.8 Å². The van der Waals surface area contributed by atoms with Crippen LogP contribution in [0.25, 0.3) is 0 Å². The van der Waals surface area contributed by atoms with Crippen molar-refractivity contribution in [2.45, 2.75) is 39.2 Å². The molecule has 0 aromatic heterocycles. The number of ether oxygens (including phenoxy) is 1. The fourth-order valence-corrected chi connectivity index (χ4v) is 1.43. The molecule has 3 heteroatoms. The lowest BCUT2D eigenvalue weighted by atomic mass is 9.85. The molecule has 0 spiro atoms. The molecule has 0 rings (SSSR count). The molecule has 0 aliphatic rings. The maximum atomic E-state index is 5.86. The molecule has 0 bridgehead atoms. The molecule has 0 saturated carbocycles. The highest BCUT2D eigenvalue weighted by molar-refractivity contribution is 6.21. The van der Waals surface area contributed by atoms with Crippen molar-refractivity contribution in [3.8, 4) is 0 Å². The van der Waals surface area contributed by atoms with E-state index < -0.39 is 0 Å². The lowest BCUT2D eigenvalue weighted by Crippen LogP contribution is -2.28. The number of halogens is 2. The molecule has 13 heavy (non-hydrogen) atoms. The van der Waals surface area contributed by atoms with E-state index in [1.54, 1.807) is 7.11 Å². The third-order valence-corrected chi connectivity index (χ3v) is 3.82. The van der Waals surface area contributed by atoms with Gasteiger partial charge in [-0.1, -0.05) is 6.92 Å². The quantitative estimate of drug-likeness (QED) is 0.629. The predicted octanol–water partition coefficient (Wildman–Crippen LogP) is 3.68. The Morgan fingerprint density at radius 3 is 1.77 bits per heavy atom. The van der Waals surface area contributed by atoms with Crippen molar-refractivity contribution in [1.29, 1.82) is 0 Å². The van der Waals surface area contributed by atoms with Crippen LogP contribution in [0.3, 0.4) is 0 Å². The van der Waals surface area contributed by atoms with Crippen molar-refractivity contribution in [2.75, 3.05) is 18.9 Å². The first-order valence-electron chi connectivity index (χ1n) is 4.56. The number of hydrogen-bond donors (Lipinski definition) is 0. The van der Waals surface area contributed by atoms with Gasteiger partial charge in [0.2, 0.25) is 0 Å². The van der Waals surface area contributed by atoms with Crippen molar-refractivity contribution in [2.24, 2.45) is 5.41 Å². The van der Waals surface area contributed by atoms with Gasteiger partial charge in [-0.25, -0.2) is 0 Å². The summed E-state index contributed by atoms with van der Waals surface area (Å²) < 4.78 is 5.34. The molecule has 0 N–H and O–H groups in total. The van der Waals surface area contributed by atoms with Crippen LogP contribution in [0, 0.1) is 5.41 Å². The van der Waals surface area contributed by atoms with E-state index in [2.05, 4.69) is 20.8 Å². The molecule has 0 radical (unpaired) electrons. The maximum absolute atomic E-state index is 5.86. The van der Waals surface area contributed by atoms with Crippen LogP contribution in [0.15, 0.2) is 0 Å². The first kappa shape index (κ1) is 13.5. The lowest BCUT2D eigenvalue weighted by Gasteiger charge is -2.30. The van der Waals surface area contributed by atoms with Gasteiger partial charge in [-0.2, -0.15) is 0 Å². The first-order valence-corrected chi connectivity index (χ1v) is 5.63. The Morgan fingerprint density at radius 1 is 1.00 bits per heavy atom. The topological polar surface area (TPSA) is 9.23 Å². The lowest BCUT2D eigenvalue weighted by molar-refractivity contribution is 0.00737. The average molecular weight is 227 g/mol. The largest absolute Gasteiger partial charge is 0.379 e. The molecule has 0 aliphatic heterocycles. The molecule has 0 heterocycles. The highest BCUT2D eigenvalue weighted by Gasteiger charge is 2.26. The summed E-state index contributed by atoms with van der Waals surface area (Å²) in [7, 11) is 1.73. The second-order valence-electron chi connectivity index (χ2n) is 4.54. The van der Waals surface area contributed by atoms with Gasteiger partial charge < -0.3 is 4.74 Å². The van der Waals surface area contributed by atoms with Crippen LogP contribution in [0.2, 0.25) is 0 Å². The van der Waals surface area contributed by atoms with Crippen molar-refractivity contribution in [3.63, 3.8) is 0 Å². The molecule has 1 nitrogen and oxygen atoms in total. The zero-order valence-corrected chi connectivity index (χ0v) is 10.5. The van der Waals surface area contributed by atoms with Gasteiger partial charge in [-0.15, -0.1) is 23.2 Å². The SMILES string of the molecule is COC(C)(C)CCC(C)(CCl)CCl. The van der Waals surface area contributed by atoms with Crippen LogP contribution in [-0.4, -0.2) is 24.5 Å². The standard InChI is InChI=1S/C10H20Cl2O/c1-9(2,13-4)5-6-10(3,7-11)8-12/h5-8H2,1-4H3. The molecule has 0 fully saturated rings. The predicted molar refractivity (Wildman–Crippen MR) is 59.9 cm³/mol. The first-order chi connectivity index (χ1) is 5.89. The monoisotopic (exact) mass is 226 g/mol. The molecular weight excluding hydrogens is 207 g/mol. The van der Waals surface area contributed by atoms with Gasteiger partial charge in [0.15, 0.2) is 0 Å². The van der Waals surface area contributed by atoms with Gasteiger partial charge in [0.05, 0.1) is 5.60 Å². The molecular formula is C10H20Cl2O. The fourth-order valence-electron chi connectivity index (χ4n) is 0.874. The van der Waals surface area contributed by atoms with Crippen molar-refractivity contribution in [1.82, 2.24) is 0 Å². The number of methoxy groups -OCH3 is 1. The van der Waals surface area contributed by atoms with Gasteiger partial charge in [0, 0.05) is 18.9 Å². The van der Waals surface area contributed by atoms with E-state index in [4.69, 9.17) is 27.9 Å².